The number of pyridine rings is 1. The second-order valence-electron chi connectivity index (χ2n) is 4.43. The SMILES string of the molecule is Cc1ccccc1[C@H](C)NCc1ccncc1Cl. The Balaban J connectivity index is 2.03. The average Bonchev–Trinajstić information content (AvgIpc) is 2.38. The number of hydrogen-bond acceptors (Lipinski definition) is 2. The molecule has 0 bridgehead atoms. The third-order valence-electron chi connectivity index (χ3n) is 3.11. The number of rotatable bonds is 4. The Morgan fingerprint density at radius 2 is 2.06 bits per heavy atom. The topological polar surface area (TPSA) is 24.9 Å². The van der Waals surface area contributed by atoms with Gasteiger partial charge in [0.15, 0.2) is 0 Å². The van der Waals surface area contributed by atoms with Gasteiger partial charge in [-0.05, 0) is 36.6 Å². The van der Waals surface area contributed by atoms with E-state index in [4.69, 9.17) is 11.6 Å². The lowest BCUT2D eigenvalue weighted by Gasteiger charge is -2.16. The first-order chi connectivity index (χ1) is 8.68. The van der Waals surface area contributed by atoms with E-state index < -0.39 is 0 Å². The average molecular weight is 261 g/mol. The van der Waals surface area contributed by atoms with Gasteiger partial charge < -0.3 is 5.32 Å². The van der Waals surface area contributed by atoms with Crippen LogP contribution in [0, 0.1) is 6.92 Å². The summed E-state index contributed by atoms with van der Waals surface area (Å²) in [5.41, 5.74) is 3.70. The fourth-order valence-corrected chi connectivity index (χ4v) is 2.18. The third kappa shape index (κ3) is 3.09. The second-order valence-corrected chi connectivity index (χ2v) is 4.83. The van der Waals surface area contributed by atoms with Gasteiger partial charge in [-0.3, -0.25) is 4.98 Å². The normalized spacial score (nSPS) is 12.4. The molecule has 1 aromatic carbocycles. The lowest BCUT2D eigenvalue weighted by Crippen LogP contribution is -2.19. The van der Waals surface area contributed by atoms with Crippen molar-refractivity contribution in [2.24, 2.45) is 0 Å². The predicted molar refractivity (Wildman–Crippen MR) is 75.7 cm³/mol. The van der Waals surface area contributed by atoms with Crippen LogP contribution < -0.4 is 5.32 Å². The fourth-order valence-electron chi connectivity index (χ4n) is 1.99. The molecule has 0 aliphatic heterocycles. The zero-order valence-electron chi connectivity index (χ0n) is 10.7. The molecule has 1 atom stereocenters. The summed E-state index contributed by atoms with van der Waals surface area (Å²) in [5, 5.41) is 4.19. The van der Waals surface area contributed by atoms with E-state index in [2.05, 4.69) is 48.4 Å². The number of hydrogen-bond donors (Lipinski definition) is 1. The van der Waals surface area contributed by atoms with Gasteiger partial charge in [0.25, 0.3) is 0 Å². The van der Waals surface area contributed by atoms with Crippen LogP contribution in [-0.4, -0.2) is 4.98 Å². The number of nitrogens with zero attached hydrogens (tertiary/aromatic N) is 1. The van der Waals surface area contributed by atoms with E-state index in [0.717, 1.165) is 12.1 Å². The van der Waals surface area contributed by atoms with Gasteiger partial charge in [0.2, 0.25) is 0 Å². The number of aromatic nitrogens is 1. The number of nitrogens with one attached hydrogen (secondary N) is 1. The molecule has 2 aromatic rings. The van der Waals surface area contributed by atoms with Crippen LogP contribution in [0.15, 0.2) is 42.7 Å². The smallest absolute Gasteiger partial charge is 0.0634 e. The van der Waals surface area contributed by atoms with E-state index >= 15 is 0 Å². The molecule has 0 fully saturated rings. The highest BCUT2D eigenvalue weighted by molar-refractivity contribution is 6.31. The predicted octanol–water partition coefficient (Wildman–Crippen LogP) is 3.89. The van der Waals surface area contributed by atoms with Crippen molar-refractivity contribution in [2.45, 2.75) is 26.4 Å². The van der Waals surface area contributed by atoms with Gasteiger partial charge in [-0.2, -0.15) is 0 Å². The van der Waals surface area contributed by atoms with Gasteiger partial charge in [-0.25, -0.2) is 0 Å². The molecule has 0 unspecified atom stereocenters. The van der Waals surface area contributed by atoms with E-state index in [-0.39, 0.29) is 0 Å². The first-order valence-corrected chi connectivity index (χ1v) is 6.43. The quantitative estimate of drug-likeness (QED) is 0.902. The Hall–Kier alpha value is -1.38. The van der Waals surface area contributed by atoms with Gasteiger partial charge in [-0.1, -0.05) is 35.9 Å². The fraction of sp³-hybridized carbons (Fsp3) is 0.267. The van der Waals surface area contributed by atoms with Crippen molar-refractivity contribution < 1.29 is 0 Å². The molecule has 1 aromatic heterocycles. The monoisotopic (exact) mass is 260 g/mol. The molecule has 0 spiro atoms. The van der Waals surface area contributed by atoms with Crippen molar-refractivity contribution >= 4 is 11.6 Å². The van der Waals surface area contributed by atoms with Crippen molar-refractivity contribution in [3.63, 3.8) is 0 Å². The lowest BCUT2D eigenvalue weighted by atomic mass is 10.0. The zero-order valence-corrected chi connectivity index (χ0v) is 11.4. The Labute approximate surface area is 113 Å². The molecule has 0 aliphatic rings. The first kappa shape index (κ1) is 13.1. The van der Waals surface area contributed by atoms with Crippen LogP contribution in [0.2, 0.25) is 5.02 Å². The molecule has 1 heterocycles. The molecule has 94 valence electrons. The molecule has 2 nitrogen and oxygen atoms in total. The summed E-state index contributed by atoms with van der Waals surface area (Å²) in [4.78, 5) is 3.98. The molecular formula is C15H17ClN2. The molecule has 18 heavy (non-hydrogen) atoms. The molecule has 0 saturated heterocycles. The summed E-state index contributed by atoms with van der Waals surface area (Å²) in [6.07, 6.45) is 3.44. The minimum atomic E-state index is 0.301. The van der Waals surface area contributed by atoms with Crippen LogP contribution in [0.25, 0.3) is 0 Å². The van der Waals surface area contributed by atoms with Crippen molar-refractivity contribution in [3.8, 4) is 0 Å². The number of benzene rings is 1. The van der Waals surface area contributed by atoms with Crippen LogP contribution in [0.1, 0.15) is 29.7 Å². The van der Waals surface area contributed by atoms with Crippen LogP contribution >= 0.6 is 11.6 Å². The standard InChI is InChI=1S/C15H17ClN2/c1-11-5-3-4-6-14(11)12(2)18-9-13-7-8-17-10-15(13)16/h3-8,10,12,18H,9H2,1-2H3/t12-/m0/s1. The Morgan fingerprint density at radius 3 is 2.78 bits per heavy atom. The second kappa shape index (κ2) is 5.98. The molecule has 2 rings (SSSR count). The largest absolute Gasteiger partial charge is 0.306 e. The molecule has 1 N–H and O–H groups in total. The van der Waals surface area contributed by atoms with Crippen LogP contribution in [0.3, 0.4) is 0 Å². The van der Waals surface area contributed by atoms with Crippen molar-refractivity contribution in [3.05, 3.63) is 64.4 Å². The maximum absolute atomic E-state index is 6.08. The van der Waals surface area contributed by atoms with Gasteiger partial charge in [0, 0.05) is 25.0 Å². The first-order valence-electron chi connectivity index (χ1n) is 6.06. The highest BCUT2D eigenvalue weighted by atomic mass is 35.5. The number of halogens is 1. The summed E-state index contributed by atoms with van der Waals surface area (Å²) in [6.45, 7) is 5.04. The molecule has 0 amide bonds. The van der Waals surface area contributed by atoms with Gasteiger partial charge in [0.1, 0.15) is 0 Å². The van der Waals surface area contributed by atoms with Gasteiger partial charge in [-0.15, -0.1) is 0 Å². The third-order valence-corrected chi connectivity index (χ3v) is 3.45. The van der Waals surface area contributed by atoms with Crippen LogP contribution in [0.4, 0.5) is 0 Å². The highest BCUT2D eigenvalue weighted by Crippen LogP contribution is 2.19. The Bertz CT molecular complexity index is 525. The molecule has 0 radical (unpaired) electrons. The molecular weight excluding hydrogens is 244 g/mol. The van der Waals surface area contributed by atoms with Crippen LogP contribution in [-0.2, 0) is 6.54 Å². The van der Waals surface area contributed by atoms with E-state index in [1.165, 1.54) is 11.1 Å². The number of aryl methyl sites for hydroxylation is 1. The van der Waals surface area contributed by atoms with Crippen LogP contribution in [0.5, 0.6) is 0 Å². The van der Waals surface area contributed by atoms with E-state index in [9.17, 15) is 0 Å². The highest BCUT2D eigenvalue weighted by Gasteiger charge is 2.08. The minimum Gasteiger partial charge on any atom is -0.306 e. The van der Waals surface area contributed by atoms with E-state index in [1.807, 2.05) is 6.07 Å². The van der Waals surface area contributed by atoms with E-state index in [1.54, 1.807) is 12.4 Å². The molecule has 3 heteroatoms. The van der Waals surface area contributed by atoms with E-state index in [0.29, 0.717) is 11.1 Å². The Morgan fingerprint density at radius 1 is 1.28 bits per heavy atom. The van der Waals surface area contributed by atoms with Crippen molar-refractivity contribution in [1.82, 2.24) is 10.3 Å². The Kier molecular flexibility index (Phi) is 4.34. The maximum atomic E-state index is 6.08. The summed E-state index contributed by atoms with van der Waals surface area (Å²) in [7, 11) is 0. The molecule has 0 saturated carbocycles. The summed E-state index contributed by atoms with van der Waals surface area (Å²) in [5.74, 6) is 0. The van der Waals surface area contributed by atoms with Gasteiger partial charge in [0.05, 0.1) is 5.02 Å². The summed E-state index contributed by atoms with van der Waals surface area (Å²) >= 11 is 6.08. The zero-order chi connectivity index (χ0) is 13.0. The lowest BCUT2D eigenvalue weighted by molar-refractivity contribution is 0.572. The maximum Gasteiger partial charge on any atom is 0.0634 e. The van der Waals surface area contributed by atoms with Gasteiger partial charge >= 0.3 is 0 Å². The summed E-state index contributed by atoms with van der Waals surface area (Å²) in [6, 6.07) is 10.7. The minimum absolute atomic E-state index is 0.301. The summed E-state index contributed by atoms with van der Waals surface area (Å²) < 4.78 is 0. The van der Waals surface area contributed by atoms with Crippen molar-refractivity contribution in [2.75, 3.05) is 0 Å². The van der Waals surface area contributed by atoms with Crippen molar-refractivity contribution in [1.29, 1.82) is 0 Å². The molecule has 0 aliphatic carbocycles.